The third-order valence-electron chi connectivity index (χ3n) is 5.54. The van der Waals surface area contributed by atoms with Crippen LogP contribution in [0.15, 0.2) is 75.2 Å². The van der Waals surface area contributed by atoms with Crippen LogP contribution in [0.1, 0.15) is 33.4 Å². The molecule has 45 heavy (non-hydrogen) atoms. The summed E-state index contributed by atoms with van der Waals surface area (Å²) in [7, 11) is 5.45. The fourth-order valence-electron chi connectivity index (χ4n) is 3.42. The van der Waals surface area contributed by atoms with Crippen molar-refractivity contribution in [3.05, 3.63) is 104 Å². The Morgan fingerprint density at radius 1 is 0.756 bits per heavy atom. The van der Waals surface area contributed by atoms with Crippen LogP contribution < -0.4 is 0 Å². The summed E-state index contributed by atoms with van der Waals surface area (Å²) in [5.41, 5.74) is 3.26. The number of halogens is 6. The first kappa shape index (κ1) is 38.9. The van der Waals surface area contributed by atoms with E-state index in [2.05, 4.69) is 72.0 Å². The van der Waals surface area contributed by atoms with Crippen molar-refractivity contribution in [3.8, 4) is 0 Å². The number of rotatable bonds is 10. The molecule has 14 heteroatoms. The van der Waals surface area contributed by atoms with Gasteiger partial charge in [0.15, 0.2) is 0 Å². The lowest BCUT2D eigenvalue weighted by Gasteiger charge is -2.09. The zero-order chi connectivity index (χ0) is 33.8. The maximum Gasteiger partial charge on any atom is 0.416 e. The van der Waals surface area contributed by atoms with Crippen molar-refractivity contribution in [2.24, 2.45) is 20.6 Å². The molecular weight excluding hydrogens is 639 g/mol. The summed E-state index contributed by atoms with van der Waals surface area (Å²) in [6.07, 6.45) is 1.26. The lowest BCUT2D eigenvalue weighted by molar-refractivity contribution is -0.137. The van der Waals surface area contributed by atoms with Crippen LogP contribution in [0.25, 0.3) is 0 Å². The Kier molecular flexibility index (Phi) is 17.9. The van der Waals surface area contributed by atoms with Crippen molar-refractivity contribution in [2.45, 2.75) is 32.9 Å². The molecule has 0 unspecified atom stereocenters. The van der Waals surface area contributed by atoms with Gasteiger partial charge in [-0.05, 0) is 60.9 Å². The standard InChI is InChI=1S/C11H10F4N2O2.C11H15NO.C9H9Cl2NO/c1-18-16-6-10(17-19-2)8-5-7(11(13,14)15)3-4-9(8)12;1-9-4-5-11(10(2)8-9)6-7-12-13-3;1-13-12-5-4-7-2-3-8(10)6-9(7)11/h3-6H,1-2H3;4-5,7-8H,6H2,1-3H3;2-3,5-6H,4H2,1H3. The van der Waals surface area contributed by atoms with Gasteiger partial charge < -0.3 is 19.4 Å². The van der Waals surface area contributed by atoms with Gasteiger partial charge in [-0.2, -0.15) is 13.2 Å². The number of oxime groups is 4. The van der Waals surface area contributed by atoms with E-state index in [1.165, 1.54) is 38.0 Å². The second-order valence-corrected chi connectivity index (χ2v) is 9.63. The molecule has 0 N–H and O–H groups in total. The zero-order valence-electron chi connectivity index (χ0n) is 25.5. The normalized spacial score (nSPS) is 11.6. The molecule has 8 nitrogen and oxygen atoms in total. The first-order valence-corrected chi connectivity index (χ1v) is 13.8. The summed E-state index contributed by atoms with van der Waals surface area (Å²) in [4.78, 5) is 17.9. The molecule has 0 radical (unpaired) electrons. The highest BCUT2D eigenvalue weighted by Crippen LogP contribution is 2.30. The van der Waals surface area contributed by atoms with Gasteiger partial charge in [0.05, 0.1) is 11.8 Å². The topological polar surface area (TPSA) is 86.4 Å². The summed E-state index contributed by atoms with van der Waals surface area (Å²) in [5.74, 6) is -0.883. The molecule has 0 amide bonds. The van der Waals surface area contributed by atoms with Gasteiger partial charge in [-0.15, -0.1) is 0 Å². The Balaban J connectivity index is 0.000000347. The molecule has 3 aromatic rings. The van der Waals surface area contributed by atoms with E-state index in [1.54, 1.807) is 31.7 Å². The number of hydrogen-bond donors (Lipinski definition) is 0. The van der Waals surface area contributed by atoms with Gasteiger partial charge >= 0.3 is 6.18 Å². The van der Waals surface area contributed by atoms with E-state index < -0.39 is 23.1 Å². The quantitative estimate of drug-likeness (QED) is 0.123. The first-order valence-electron chi connectivity index (χ1n) is 13.0. The largest absolute Gasteiger partial charge is 0.416 e. The summed E-state index contributed by atoms with van der Waals surface area (Å²) in [6.45, 7) is 4.21. The molecule has 3 aromatic carbocycles. The zero-order valence-corrected chi connectivity index (χ0v) is 27.0. The maximum absolute atomic E-state index is 13.6. The molecule has 0 heterocycles. The van der Waals surface area contributed by atoms with E-state index in [0.29, 0.717) is 34.7 Å². The van der Waals surface area contributed by atoms with Crippen LogP contribution in [0.3, 0.4) is 0 Å². The van der Waals surface area contributed by atoms with Crippen LogP contribution in [-0.4, -0.2) is 52.8 Å². The van der Waals surface area contributed by atoms with Gasteiger partial charge in [0.25, 0.3) is 0 Å². The lowest BCUT2D eigenvalue weighted by Crippen LogP contribution is -2.11. The Labute approximate surface area is 269 Å². The Hall–Kier alpha value is -4.16. The van der Waals surface area contributed by atoms with E-state index in [-0.39, 0.29) is 5.71 Å². The third-order valence-corrected chi connectivity index (χ3v) is 6.12. The minimum atomic E-state index is -4.58. The summed E-state index contributed by atoms with van der Waals surface area (Å²) in [5, 5.41) is 15.3. The molecule has 0 bridgehead atoms. The van der Waals surface area contributed by atoms with Crippen LogP contribution in [-0.2, 0) is 38.4 Å². The van der Waals surface area contributed by atoms with Crippen molar-refractivity contribution in [2.75, 3.05) is 28.4 Å². The van der Waals surface area contributed by atoms with Crippen molar-refractivity contribution >= 4 is 47.6 Å². The van der Waals surface area contributed by atoms with E-state index in [1.807, 2.05) is 6.07 Å². The first-order chi connectivity index (χ1) is 21.4. The number of aryl methyl sites for hydroxylation is 2. The predicted octanol–water partition coefficient (Wildman–Crippen LogP) is 8.47. The lowest BCUT2D eigenvalue weighted by atomic mass is 10.0. The van der Waals surface area contributed by atoms with Crippen LogP contribution >= 0.6 is 23.2 Å². The smallest absolute Gasteiger partial charge is 0.399 e. The fourth-order valence-corrected chi connectivity index (χ4v) is 3.91. The van der Waals surface area contributed by atoms with Crippen molar-refractivity contribution < 1.29 is 36.9 Å². The molecule has 3 rings (SSSR count). The number of benzene rings is 3. The molecule has 0 aliphatic carbocycles. The molecule has 0 fully saturated rings. The van der Waals surface area contributed by atoms with Gasteiger partial charge in [0, 0.05) is 40.9 Å². The van der Waals surface area contributed by atoms with Crippen LogP contribution in [0.5, 0.6) is 0 Å². The average Bonchev–Trinajstić information content (AvgIpc) is 2.98. The van der Waals surface area contributed by atoms with Gasteiger partial charge in [-0.25, -0.2) is 4.39 Å². The fraction of sp³-hybridized carbons (Fsp3) is 0.290. The second-order valence-electron chi connectivity index (χ2n) is 8.78. The molecule has 244 valence electrons. The molecule has 0 aliphatic rings. The Morgan fingerprint density at radius 2 is 1.36 bits per heavy atom. The highest BCUT2D eigenvalue weighted by Gasteiger charge is 2.31. The van der Waals surface area contributed by atoms with Crippen LogP contribution in [0.2, 0.25) is 10.0 Å². The summed E-state index contributed by atoms with van der Waals surface area (Å²) in [6, 6.07) is 13.7. The monoisotopic (exact) mass is 672 g/mol. The van der Waals surface area contributed by atoms with E-state index in [9.17, 15) is 17.6 Å². The Morgan fingerprint density at radius 3 is 1.89 bits per heavy atom. The molecule has 0 spiro atoms. The summed E-state index contributed by atoms with van der Waals surface area (Å²) >= 11 is 11.7. The van der Waals surface area contributed by atoms with Crippen molar-refractivity contribution in [1.29, 1.82) is 0 Å². The average molecular weight is 674 g/mol. The van der Waals surface area contributed by atoms with E-state index >= 15 is 0 Å². The summed E-state index contributed by atoms with van der Waals surface area (Å²) < 4.78 is 51.2. The highest BCUT2D eigenvalue weighted by molar-refractivity contribution is 6.38. The highest BCUT2D eigenvalue weighted by atomic mass is 35.5. The van der Waals surface area contributed by atoms with Crippen LogP contribution in [0.4, 0.5) is 17.6 Å². The SMILES string of the molecule is CON=CC(=NOC)c1cc(C(F)(F)F)ccc1F.CON=CCc1ccc(C)cc1C.CON=CCc1ccc(Cl)cc1Cl. The predicted molar refractivity (Wildman–Crippen MR) is 171 cm³/mol. The second kappa shape index (κ2) is 20.7. The number of alkyl halides is 3. The third kappa shape index (κ3) is 14.9. The number of nitrogens with zero attached hydrogens (tertiary/aromatic N) is 4. The minimum absolute atomic E-state index is 0.229. The van der Waals surface area contributed by atoms with Crippen LogP contribution in [0, 0.1) is 19.7 Å². The van der Waals surface area contributed by atoms with Gasteiger partial charge in [-0.3, -0.25) is 0 Å². The van der Waals surface area contributed by atoms with Crippen molar-refractivity contribution in [3.63, 3.8) is 0 Å². The number of hydrogen-bond acceptors (Lipinski definition) is 8. The van der Waals surface area contributed by atoms with E-state index in [4.69, 9.17) is 23.2 Å². The van der Waals surface area contributed by atoms with Crippen molar-refractivity contribution in [1.82, 2.24) is 0 Å². The van der Waals surface area contributed by atoms with Gasteiger partial charge in [-0.1, -0.05) is 73.7 Å². The van der Waals surface area contributed by atoms with E-state index in [0.717, 1.165) is 18.2 Å². The molecule has 0 atom stereocenters. The molecule has 0 saturated heterocycles. The maximum atomic E-state index is 13.6. The van der Waals surface area contributed by atoms with Gasteiger partial charge in [0.1, 0.15) is 40.0 Å². The minimum Gasteiger partial charge on any atom is -0.399 e. The molecular formula is C31H34Cl2F4N4O4. The Bertz CT molecular complexity index is 1400. The molecule has 0 aliphatic heterocycles. The van der Waals surface area contributed by atoms with Gasteiger partial charge in [0.2, 0.25) is 0 Å². The molecule has 0 saturated carbocycles. The molecule has 0 aromatic heterocycles.